The fourth-order valence-electron chi connectivity index (χ4n) is 1.72. The molecule has 0 fully saturated rings. The Hall–Kier alpha value is -2.90. The van der Waals surface area contributed by atoms with Crippen LogP contribution in [-0.4, -0.2) is 42.9 Å². The van der Waals surface area contributed by atoms with E-state index in [2.05, 4.69) is 15.4 Å². The van der Waals surface area contributed by atoms with Gasteiger partial charge in [-0.05, 0) is 19.4 Å². The van der Waals surface area contributed by atoms with Crippen LogP contribution in [0, 0.1) is 0 Å². The highest BCUT2D eigenvalue weighted by Gasteiger charge is 2.28. The summed E-state index contributed by atoms with van der Waals surface area (Å²) in [6.45, 7) is 2.60. The summed E-state index contributed by atoms with van der Waals surface area (Å²) in [6.07, 6.45) is -0.793. The third-order valence-electron chi connectivity index (χ3n) is 3.07. The van der Waals surface area contributed by atoms with Crippen LogP contribution in [0.3, 0.4) is 0 Å². The number of Topliss-reactive ketones (excluding diaryl/α,β-unsaturated/α-hetero) is 1. The summed E-state index contributed by atoms with van der Waals surface area (Å²) in [5, 5.41) is 4.53. The van der Waals surface area contributed by atoms with Gasteiger partial charge in [-0.3, -0.25) is 9.59 Å². The van der Waals surface area contributed by atoms with Crippen molar-refractivity contribution in [1.29, 1.82) is 0 Å². The summed E-state index contributed by atoms with van der Waals surface area (Å²) in [5.74, 6) is -2.17. The predicted molar refractivity (Wildman–Crippen MR) is 83.9 cm³/mol. The van der Waals surface area contributed by atoms with E-state index < -0.39 is 35.8 Å². The maximum absolute atomic E-state index is 11.9. The Morgan fingerprint density at radius 3 is 2.25 bits per heavy atom. The fraction of sp³-hybridized carbons (Fsp3) is 0.375. The molecule has 24 heavy (non-hydrogen) atoms. The van der Waals surface area contributed by atoms with Crippen molar-refractivity contribution in [3.63, 3.8) is 0 Å². The minimum atomic E-state index is -1.41. The number of nitrogens with one attached hydrogen (secondary N) is 2. The molecule has 0 spiro atoms. The molecule has 0 aliphatic heterocycles. The first-order chi connectivity index (χ1) is 11.3. The van der Waals surface area contributed by atoms with Crippen molar-refractivity contribution in [3.8, 4) is 0 Å². The number of carbonyl (C=O) groups is 4. The van der Waals surface area contributed by atoms with Gasteiger partial charge < -0.3 is 20.1 Å². The van der Waals surface area contributed by atoms with Crippen LogP contribution < -0.4 is 10.6 Å². The maximum Gasteiger partial charge on any atom is 0.408 e. The number of alkyl carbamates (subject to hydrolysis) is 1. The SMILES string of the molecule is COC(=O)C(NC(=O)[C@H](C)NC(=O)OCc1ccccc1)C(C)=O. The standard InChI is InChI=1S/C16H20N2O6/c1-10(14(20)18-13(11(2)19)15(21)23-3)17-16(22)24-9-12-7-5-4-6-8-12/h4-8,10,13H,9H2,1-3H3,(H,17,22)(H,18,20)/t10-,13?/m0/s1. The summed E-state index contributed by atoms with van der Waals surface area (Å²) in [5.41, 5.74) is 0.798. The van der Waals surface area contributed by atoms with Crippen LogP contribution in [-0.2, 0) is 30.5 Å². The number of amides is 2. The van der Waals surface area contributed by atoms with Gasteiger partial charge in [-0.15, -0.1) is 0 Å². The van der Waals surface area contributed by atoms with E-state index in [1.165, 1.54) is 6.92 Å². The van der Waals surface area contributed by atoms with Crippen molar-refractivity contribution in [3.05, 3.63) is 35.9 Å². The van der Waals surface area contributed by atoms with Gasteiger partial charge in [-0.1, -0.05) is 30.3 Å². The lowest BCUT2D eigenvalue weighted by Crippen LogP contribution is -2.53. The molecule has 0 saturated heterocycles. The molecule has 0 aliphatic rings. The van der Waals surface area contributed by atoms with Gasteiger partial charge in [-0.25, -0.2) is 9.59 Å². The number of esters is 1. The zero-order valence-corrected chi connectivity index (χ0v) is 13.7. The minimum absolute atomic E-state index is 0.0548. The van der Waals surface area contributed by atoms with Crippen LogP contribution in [0.15, 0.2) is 30.3 Å². The summed E-state index contributed by atoms with van der Waals surface area (Å²) in [7, 11) is 1.10. The summed E-state index contributed by atoms with van der Waals surface area (Å²) >= 11 is 0. The predicted octanol–water partition coefficient (Wildman–Crippen LogP) is 0.548. The number of benzene rings is 1. The van der Waals surface area contributed by atoms with E-state index in [0.29, 0.717) is 0 Å². The normalized spacial score (nSPS) is 12.5. The molecular weight excluding hydrogens is 316 g/mol. The van der Waals surface area contributed by atoms with Crippen LogP contribution in [0.1, 0.15) is 19.4 Å². The first kappa shape index (κ1) is 19.1. The summed E-state index contributed by atoms with van der Waals surface area (Å²) in [6, 6.07) is 6.62. The maximum atomic E-state index is 11.9. The summed E-state index contributed by atoms with van der Waals surface area (Å²) < 4.78 is 9.42. The zero-order chi connectivity index (χ0) is 18.1. The van der Waals surface area contributed by atoms with E-state index in [-0.39, 0.29) is 6.61 Å². The van der Waals surface area contributed by atoms with Gasteiger partial charge in [0.2, 0.25) is 5.91 Å². The lowest BCUT2D eigenvalue weighted by molar-refractivity contribution is -0.148. The number of hydrogen-bond donors (Lipinski definition) is 2. The van der Waals surface area contributed by atoms with E-state index in [1.807, 2.05) is 6.07 Å². The Balaban J connectivity index is 2.49. The molecule has 0 bridgehead atoms. The van der Waals surface area contributed by atoms with Crippen molar-refractivity contribution in [1.82, 2.24) is 10.6 Å². The van der Waals surface area contributed by atoms with Crippen LogP contribution in [0.2, 0.25) is 0 Å². The number of ether oxygens (including phenoxy) is 2. The Bertz CT molecular complexity index is 602. The minimum Gasteiger partial charge on any atom is -0.467 e. The van der Waals surface area contributed by atoms with Crippen molar-refractivity contribution in [2.75, 3.05) is 7.11 Å². The lowest BCUT2D eigenvalue weighted by atomic mass is 10.2. The molecule has 8 heteroatoms. The number of carbonyl (C=O) groups excluding carboxylic acids is 4. The Labute approximate surface area is 139 Å². The molecule has 1 rings (SSSR count). The van der Waals surface area contributed by atoms with E-state index >= 15 is 0 Å². The Morgan fingerprint density at radius 2 is 1.71 bits per heavy atom. The second-order valence-electron chi connectivity index (χ2n) is 5.00. The quantitative estimate of drug-likeness (QED) is 0.556. The number of ketones is 1. The molecule has 0 aliphatic carbocycles. The molecule has 0 aromatic heterocycles. The number of rotatable bonds is 7. The van der Waals surface area contributed by atoms with E-state index in [4.69, 9.17) is 4.74 Å². The molecule has 1 aromatic rings. The smallest absolute Gasteiger partial charge is 0.408 e. The molecule has 0 radical (unpaired) electrons. The van der Waals surface area contributed by atoms with Gasteiger partial charge in [-0.2, -0.15) is 0 Å². The van der Waals surface area contributed by atoms with Gasteiger partial charge in [0, 0.05) is 0 Å². The van der Waals surface area contributed by atoms with E-state index in [0.717, 1.165) is 19.6 Å². The first-order valence-corrected chi connectivity index (χ1v) is 7.21. The molecule has 130 valence electrons. The van der Waals surface area contributed by atoms with Gasteiger partial charge >= 0.3 is 12.1 Å². The average Bonchev–Trinajstić information content (AvgIpc) is 2.57. The molecule has 0 heterocycles. The van der Waals surface area contributed by atoms with E-state index in [1.54, 1.807) is 24.3 Å². The zero-order valence-electron chi connectivity index (χ0n) is 13.7. The third kappa shape index (κ3) is 6.07. The number of hydrogen-bond acceptors (Lipinski definition) is 6. The highest BCUT2D eigenvalue weighted by Crippen LogP contribution is 2.01. The second-order valence-corrected chi connectivity index (χ2v) is 5.00. The summed E-state index contributed by atoms with van der Waals surface area (Å²) in [4.78, 5) is 46.4. The number of methoxy groups -OCH3 is 1. The molecule has 2 N–H and O–H groups in total. The van der Waals surface area contributed by atoms with Crippen molar-refractivity contribution < 1.29 is 28.7 Å². The van der Waals surface area contributed by atoms with Crippen LogP contribution >= 0.6 is 0 Å². The van der Waals surface area contributed by atoms with Crippen molar-refractivity contribution in [2.45, 2.75) is 32.5 Å². The Kier molecular flexibility index (Phi) is 7.41. The fourth-order valence-corrected chi connectivity index (χ4v) is 1.72. The Morgan fingerprint density at radius 1 is 1.08 bits per heavy atom. The third-order valence-corrected chi connectivity index (χ3v) is 3.07. The second kappa shape index (κ2) is 9.29. The molecule has 1 unspecified atom stereocenters. The van der Waals surface area contributed by atoms with Crippen molar-refractivity contribution in [2.24, 2.45) is 0 Å². The molecule has 2 amide bonds. The lowest BCUT2D eigenvalue weighted by Gasteiger charge is -2.18. The topological polar surface area (TPSA) is 111 Å². The highest BCUT2D eigenvalue weighted by molar-refractivity contribution is 6.05. The van der Waals surface area contributed by atoms with E-state index in [9.17, 15) is 19.2 Å². The van der Waals surface area contributed by atoms with Crippen molar-refractivity contribution >= 4 is 23.8 Å². The van der Waals surface area contributed by atoms with Crippen LogP contribution in [0.4, 0.5) is 4.79 Å². The highest BCUT2D eigenvalue weighted by atomic mass is 16.5. The molecule has 0 saturated carbocycles. The van der Waals surface area contributed by atoms with Crippen LogP contribution in [0.25, 0.3) is 0 Å². The molecule has 2 atom stereocenters. The molecule has 8 nitrogen and oxygen atoms in total. The van der Waals surface area contributed by atoms with Gasteiger partial charge in [0.1, 0.15) is 12.6 Å². The average molecular weight is 336 g/mol. The molecular formula is C16H20N2O6. The monoisotopic (exact) mass is 336 g/mol. The van der Waals surface area contributed by atoms with Crippen LogP contribution in [0.5, 0.6) is 0 Å². The molecule has 1 aromatic carbocycles. The largest absolute Gasteiger partial charge is 0.467 e. The van der Waals surface area contributed by atoms with Gasteiger partial charge in [0.05, 0.1) is 7.11 Å². The van der Waals surface area contributed by atoms with Gasteiger partial charge in [0.25, 0.3) is 0 Å². The first-order valence-electron chi connectivity index (χ1n) is 7.21. The van der Waals surface area contributed by atoms with Gasteiger partial charge in [0.15, 0.2) is 11.8 Å².